The van der Waals surface area contributed by atoms with E-state index < -0.39 is 0 Å². The van der Waals surface area contributed by atoms with Crippen molar-refractivity contribution in [1.82, 2.24) is 20.1 Å². The van der Waals surface area contributed by atoms with E-state index in [1.807, 2.05) is 24.3 Å². The largest absolute Gasteiger partial charge is 0.312 e. The first-order valence-electron chi connectivity index (χ1n) is 7.99. The summed E-state index contributed by atoms with van der Waals surface area (Å²) < 4.78 is 1.58. The quantitative estimate of drug-likeness (QED) is 0.761. The molecule has 118 valence electrons. The summed E-state index contributed by atoms with van der Waals surface area (Å²) in [4.78, 5) is 16.8. The topological polar surface area (TPSA) is 59.8 Å². The van der Waals surface area contributed by atoms with Gasteiger partial charge in [-0.25, -0.2) is 4.68 Å². The molecule has 0 saturated carbocycles. The van der Waals surface area contributed by atoms with E-state index in [0.717, 1.165) is 42.8 Å². The summed E-state index contributed by atoms with van der Waals surface area (Å²) in [7, 11) is 0. The van der Waals surface area contributed by atoms with Gasteiger partial charge < -0.3 is 5.32 Å². The molecule has 0 spiro atoms. The second-order valence-corrected chi connectivity index (χ2v) is 5.33. The summed E-state index contributed by atoms with van der Waals surface area (Å²) in [6.07, 6.45) is 4.77. The number of unbranched alkanes of at least 4 members (excludes halogenated alkanes) is 1. The fraction of sp³-hybridized carbons (Fsp3) is 0.471. The highest BCUT2D eigenvalue weighted by Gasteiger charge is 2.10. The summed E-state index contributed by atoms with van der Waals surface area (Å²) in [6.45, 7) is 6.34. The third-order valence-electron chi connectivity index (χ3n) is 3.44. The van der Waals surface area contributed by atoms with Crippen LogP contribution in [0.1, 0.15) is 38.7 Å². The van der Waals surface area contributed by atoms with Crippen molar-refractivity contribution in [3.05, 3.63) is 46.4 Å². The third kappa shape index (κ3) is 4.24. The van der Waals surface area contributed by atoms with Gasteiger partial charge in [-0.05, 0) is 37.6 Å². The van der Waals surface area contributed by atoms with Crippen LogP contribution in [-0.4, -0.2) is 21.3 Å². The molecule has 0 saturated heterocycles. The van der Waals surface area contributed by atoms with E-state index in [0.29, 0.717) is 13.1 Å². The minimum atomic E-state index is -0.00302. The molecule has 0 bridgehead atoms. The first kappa shape index (κ1) is 16.4. The van der Waals surface area contributed by atoms with Gasteiger partial charge in [-0.1, -0.05) is 26.3 Å². The average molecular weight is 300 g/mol. The lowest BCUT2D eigenvalue weighted by molar-refractivity contribution is 0.535. The molecule has 0 fully saturated rings. The highest BCUT2D eigenvalue weighted by molar-refractivity contribution is 5.53. The smallest absolute Gasteiger partial charge is 0.271 e. The lowest BCUT2D eigenvalue weighted by Gasteiger charge is -2.10. The van der Waals surface area contributed by atoms with Crippen LogP contribution >= 0.6 is 0 Å². The molecule has 0 amide bonds. The van der Waals surface area contributed by atoms with Crippen LogP contribution in [0.25, 0.3) is 11.4 Å². The lowest BCUT2D eigenvalue weighted by atomic mass is 10.2. The highest BCUT2D eigenvalue weighted by atomic mass is 16.1. The van der Waals surface area contributed by atoms with E-state index >= 15 is 0 Å². The Morgan fingerprint density at radius 3 is 2.73 bits per heavy atom. The fourth-order valence-corrected chi connectivity index (χ4v) is 2.22. The molecule has 0 atom stereocenters. The Labute approximate surface area is 131 Å². The van der Waals surface area contributed by atoms with Crippen LogP contribution in [0.15, 0.2) is 35.3 Å². The molecule has 0 unspecified atom stereocenters. The zero-order valence-electron chi connectivity index (χ0n) is 13.4. The third-order valence-corrected chi connectivity index (χ3v) is 3.44. The maximum atomic E-state index is 12.5. The summed E-state index contributed by atoms with van der Waals surface area (Å²) in [5.41, 5.74) is 2.30. The van der Waals surface area contributed by atoms with Crippen LogP contribution in [0.3, 0.4) is 0 Å². The van der Waals surface area contributed by atoms with E-state index in [1.54, 1.807) is 10.9 Å². The molecule has 0 aliphatic heterocycles. The Balaban J connectivity index is 2.36. The van der Waals surface area contributed by atoms with Gasteiger partial charge in [0.25, 0.3) is 5.56 Å². The van der Waals surface area contributed by atoms with Crippen molar-refractivity contribution in [3.8, 4) is 11.4 Å². The number of hydrogen-bond acceptors (Lipinski definition) is 4. The molecule has 5 nitrogen and oxygen atoms in total. The molecule has 0 radical (unpaired) electrons. The van der Waals surface area contributed by atoms with Crippen molar-refractivity contribution in [3.63, 3.8) is 0 Å². The number of nitrogens with one attached hydrogen (secondary N) is 1. The van der Waals surface area contributed by atoms with Gasteiger partial charge in [-0.15, -0.1) is 0 Å². The molecular weight excluding hydrogens is 276 g/mol. The van der Waals surface area contributed by atoms with Crippen LogP contribution in [-0.2, 0) is 13.1 Å². The Morgan fingerprint density at radius 1 is 1.18 bits per heavy atom. The maximum absolute atomic E-state index is 12.5. The normalized spacial score (nSPS) is 10.8. The molecule has 2 rings (SSSR count). The van der Waals surface area contributed by atoms with Crippen molar-refractivity contribution in [2.75, 3.05) is 6.54 Å². The van der Waals surface area contributed by atoms with E-state index in [1.165, 1.54) is 0 Å². The summed E-state index contributed by atoms with van der Waals surface area (Å²) in [6, 6.07) is 7.58. The second kappa shape index (κ2) is 8.44. The zero-order chi connectivity index (χ0) is 15.8. The lowest BCUT2D eigenvalue weighted by Crippen LogP contribution is -2.30. The number of nitrogens with zero attached hydrogens (tertiary/aromatic N) is 3. The van der Waals surface area contributed by atoms with Gasteiger partial charge in [0, 0.05) is 24.8 Å². The molecule has 2 aromatic heterocycles. The molecule has 0 aliphatic carbocycles. The van der Waals surface area contributed by atoms with Gasteiger partial charge in [0.1, 0.15) is 5.69 Å². The first-order valence-corrected chi connectivity index (χ1v) is 7.99. The minimum absolute atomic E-state index is 0.00302. The van der Waals surface area contributed by atoms with Crippen molar-refractivity contribution < 1.29 is 0 Å². The van der Waals surface area contributed by atoms with Crippen LogP contribution in [0.5, 0.6) is 0 Å². The monoisotopic (exact) mass is 300 g/mol. The highest BCUT2D eigenvalue weighted by Crippen LogP contribution is 2.13. The van der Waals surface area contributed by atoms with Gasteiger partial charge in [-0.3, -0.25) is 9.78 Å². The zero-order valence-corrected chi connectivity index (χ0v) is 13.4. The van der Waals surface area contributed by atoms with Gasteiger partial charge in [0.2, 0.25) is 0 Å². The predicted octanol–water partition coefficient (Wildman–Crippen LogP) is 2.61. The fourth-order valence-electron chi connectivity index (χ4n) is 2.22. The Hall–Kier alpha value is -2.01. The number of hydrogen-bond donors (Lipinski definition) is 1. The average Bonchev–Trinajstić information content (AvgIpc) is 2.56. The number of aryl methyl sites for hydroxylation is 1. The standard InChI is InChI=1S/C17H24N4O/c1-3-5-11-21-17(22)14(13-18-9-4-2)12-16(20-21)15-8-6-7-10-19-15/h6-8,10,12,18H,3-5,9,11,13H2,1-2H3. The van der Waals surface area contributed by atoms with Gasteiger partial charge in [0.05, 0.1) is 5.69 Å². The molecule has 2 heterocycles. The van der Waals surface area contributed by atoms with Crippen LogP contribution in [0, 0.1) is 0 Å². The van der Waals surface area contributed by atoms with Crippen molar-refractivity contribution >= 4 is 0 Å². The van der Waals surface area contributed by atoms with E-state index in [9.17, 15) is 4.79 Å². The molecule has 1 N–H and O–H groups in total. The van der Waals surface area contributed by atoms with Gasteiger partial charge in [-0.2, -0.15) is 5.10 Å². The molecular formula is C17H24N4O. The predicted molar refractivity (Wildman–Crippen MR) is 88.6 cm³/mol. The van der Waals surface area contributed by atoms with Gasteiger partial charge in [0.15, 0.2) is 0 Å². The number of pyridine rings is 1. The van der Waals surface area contributed by atoms with Crippen LogP contribution < -0.4 is 10.9 Å². The first-order chi connectivity index (χ1) is 10.8. The molecule has 0 aliphatic rings. The molecule has 22 heavy (non-hydrogen) atoms. The maximum Gasteiger partial charge on any atom is 0.271 e. The Bertz CT molecular complexity index is 637. The minimum Gasteiger partial charge on any atom is -0.312 e. The summed E-state index contributed by atoms with van der Waals surface area (Å²) in [5.74, 6) is 0. The van der Waals surface area contributed by atoms with E-state index in [2.05, 4.69) is 29.2 Å². The van der Waals surface area contributed by atoms with Crippen molar-refractivity contribution in [1.29, 1.82) is 0 Å². The summed E-state index contributed by atoms with van der Waals surface area (Å²) in [5, 5.41) is 7.78. The van der Waals surface area contributed by atoms with Crippen molar-refractivity contribution in [2.45, 2.75) is 46.2 Å². The van der Waals surface area contributed by atoms with Crippen molar-refractivity contribution in [2.24, 2.45) is 0 Å². The number of rotatable bonds is 8. The van der Waals surface area contributed by atoms with E-state index in [-0.39, 0.29) is 5.56 Å². The number of aromatic nitrogens is 3. The van der Waals surface area contributed by atoms with Crippen LogP contribution in [0.2, 0.25) is 0 Å². The Morgan fingerprint density at radius 2 is 2.05 bits per heavy atom. The SMILES string of the molecule is CCCCn1nc(-c2ccccn2)cc(CNCCC)c1=O. The summed E-state index contributed by atoms with van der Waals surface area (Å²) >= 11 is 0. The van der Waals surface area contributed by atoms with E-state index in [4.69, 9.17) is 0 Å². The van der Waals surface area contributed by atoms with Gasteiger partial charge >= 0.3 is 0 Å². The van der Waals surface area contributed by atoms with Crippen LogP contribution in [0.4, 0.5) is 0 Å². The molecule has 5 heteroatoms. The second-order valence-electron chi connectivity index (χ2n) is 5.33. The Kier molecular flexibility index (Phi) is 6.27. The molecule has 2 aromatic rings. The molecule has 0 aromatic carbocycles.